The topological polar surface area (TPSA) is 109 Å². The predicted molar refractivity (Wildman–Crippen MR) is 106 cm³/mol. The summed E-state index contributed by atoms with van der Waals surface area (Å²) in [5.74, 6) is 1.68. The Hall–Kier alpha value is -2.18. The molecule has 0 saturated carbocycles. The summed E-state index contributed by atoms with van der Waals surface area (Å²) < 4.78 is 1.90. The fraction of sp³-hybridized carbons (Fsp3) is 0.684. The maximum atomic E-state index is 5.71. The summed E-state index contributed by atoms with van der Waals surface area (Å²) in [6, 6.07) is 0. The molecule has 0 unspecified atom stereocenters. The van der Waals surface area contributed by atoms with Gasteiger partial charge in [-0.3, -0.25) is 4.57 Å². The van der Waals surface area contributed by atoms with Crippen molar-refractivity contribution < 1.29 is 0 Å². The molecule has 0 amide bonds. The van der Waals surface area contributed by atoms with Crippen LogP contribution in [0.3, 0.4) is 0 Å². The molecule has 7 nitrogen and oxygen atoms in total. The number of anilines is 2. The third-order valence-corrected chi connectivity index (χ3v) is 4.57. The van der Waals surface area contributed by atoms with Gasteiger partial charge in [-0.25, -0.2) is 4.98 Å². The standard InChI is InChI=1S/C19H33N7/c1-3-5-6-7-8-9-10-11-12-13-16-22-15(4-2)14-26(16)19-24-17(20)23-18(21)25-19/h14H,3-13H2,1-2H3,(H4,20,21,23,24,25). The van der Waals surface area contributed by atoms with E-state index in [2.05, 4.69) is 28.8 Å². The lowest BCUT2D eigenvalue weighted by Crippen LogP contribution is -2.10. The summed E-state index contributed by atoms with van der Waals surface area (Å²) in [4.78, 5) is 17.0. The van der Waals surface area contributed by atoms with Crippen LogP contribution < -0.4 is 11.5 Å². The number of nitrogen functional groups attached to an aromatic ring is 2. The number of nitrogens with two attached hydrogens (primary N) is 2. The van der Waals surface area contributed by atoms with Gasteiger partial charge >= 0.3 is 0 Å². The quantitative estimate of drug-likeness (QED) is 0.557. The molecule has 2 rings (SSSR count). The van der Waals surface area contributed by atoms with Crippen molar-refractivity contribution in [1.82, 2.24) is 24.5 Å². The second-order valence-electron chi connectivity index (χ2n) is 6.80. The van der Waals surface area contributed by atoms with Crippen LogP contribution in [-0.2, 0) is 12.8 Å². The largest absolute Gasteiger partial charge is 0.368 e. The van der Waals surface area contributed by atoms with Crippen LogP contribution in [0, 0.1) is 0 Å². The molecule has 0 atom stereocenters. The zero-order valence-electron chi connectivity index (χ0n) is 16.2. The summed E-state index contributed by atoms with van der Waals surface area (Å²) in [6.45, 7) is 4.35. The minimum Gasteiger partial charge on any atom is -0.368 e. The maximum Gasteiger partial charge on any atom is 0.241 e. The number of rotatable bonds is 12. The van der Waals surface area contributed by atoms with Crippen molar-refractivity contribution in [2.45, 2.75) is 84.5 Å². The van der Waals surface area contributed by atoms with E-state index >= 15 is 0 Å². The van der Waals surface area contributed by atoms with Crippen LogP contribution in [0.2, 0.25) is 0 Å². The Labute approximate surface area is 156 Å². The Morgan fingerprint density at radius 3 is 1.92 bits per heavy atom. The van der Waals surface area contributed by atoms with E-state index in [-0.39, 0.29) is 11.9 Å². The fourth-order valence-electron chi connectivity index (χ4n) is 3.09. The first kappa shape index (κ1) is 20.1. The molecule has 2 aromatic heterocycles. The van der Waals surface area contributed by atoms with E-state index in [9.17, 15) is 0 Å². The molecule has 144 valence electrons. The van der Waals surface area contributed by atoms with Crippen LogP contribution in [0.15, 0.2) is 6.20 Å². The highest BCUT2D eigenvalue weighted by atomic mass is 15.3. The van der Waals surface area contributed by atoms with Crippen LogP contribution >= 0.6 is 0 Å². The molecule has 0 fully saturated rings. The van der Waals surface area contributed by atoms with Crippen molar-refractivity contribution in [2.75, 3.05) is 11.5 Å². The fourth-order valence-corrected chi connectivity index (χ4v) is 3.09. The maximum absolute atomic E-state index is 5.71. The molecule has 0 radical (unpaired) electrons. The molecule has 0 saturated heterocycles. The number of aromatic nitrogens is 5. The van der Waals surface area contributed by atoms with Gasteiger partial charge < -0.3 is 11.5 Å². The van der Waals surface area contributed by atoms with Gasteiger partial charge in [0.1, 0.15) is 5.82 Å². The summed E-state index contributed by atoms with van der Waals surface area (Å²) in [6.07, 6.45) is 15.5. The molecule has 0 aliphatic rings. The van der Waals surface area contributed by atoms with Crippen LogP contribution in [0.25, 0.3) is 5.95 Å². The van der Waals surface area contributed by atoms with Crippen molar-refractivity contribution >= 4 is 11.9 Å². The van der Waals surface area contributed by atoms with Gasteiger partial charge in [0.2, 0.25) is 17.8 Å². The predicted octanol–water partition coefficient (Wildman–Crippen LogP) is 3.86. The van der Waals surface area contributed by atoms with Gasteiger partial charge in [-0.2, -0.15) is 15.0 Å². The van der Waals surface area contributed by atoms with Gasteiger partial charge in [0.25, 0.3) is 0 Å². The van der Waals surface area contributed by atoms with E-state index in [1.807, 2.05) is 10.8 Å². The van der Waals surface area contributed by atoms with Crippen molar-refractivity contribution in [1.29, 1.82) is 0 Å². The lowest BCUT2D eigenvalue weighted by molar-refractivity contribution is 0.560. The summed E-state index contributed by atoms with van der Waals surface area (Å²) >= 11 is 0. The van der Waals surface area contributed by atoms with Crippen molar-refractivity contribution in [3.63, 3.8) is 0 Å². The van der Waals surface area contributed by atoms with Crippen molar-refractivity contribution in [3.8, 4) is 5.95 Å². The lowest BCUT2D eigenvalue weighted by Gasteiger charge is -2.07. The monoisotopic (exact) mass is 359 g/mol. The van der Waals surface area contributed by atoms with Crippen LogP contribution in [-0.4, -0.2) is 24.5 Å². The smallest absolute Gasteiger partial charge is 0.241 e. The molecule has 0 bridgehead atoms. The molecule has 7 heteroatoms. The molecule has 0 aliphatic carbocycles. The van der Waals surface area contributed by atoms with Gasteiger partial charge in [-0.15, -0.1) is 0 Å². The van der Waals surface area contributed by atoms with E-state index in [1.165, 1.54) is 51.4 Å². The van der Waals surface area contributed by atoms with E-state index in [1.54, 1.807) is 0 Å². The molecule has 2 heterocycles. The number of unbranched alkanes of at least 4 members (excludes halogenated alkanes) is 8. The Morgan fingerprint density at radius 1 is 0.769 bits per heavy atom. The molecule has 26 heavy (non-hydrogen) atoms. The molecule has 2 aromatic rings. The first-order valence-electron chi connectivity index (χ1n) is 9.98. The minimum atomic E-state index is 0.133. The Kier molecular flexibility index (Phi) is 8.31. The van der Waals surface area contributed by atoms with Gasteiger partial charge in [0.15, 0.2) is 0 Å². The normalized spacial score (nSPS) is 11.2. The highest BCUT2D eigenvalue weighted by Crippen LogP contribution is 2.15. The molecule has 0 aliphatic heterocycles. The Morgan fingerprint density at radius 2 is 1.35 bits per heavy atom. The van der Waals surface area contributed by atoms with E-state index in [4.69, 9.17) is 16.5 Å². The van der Waals surface area contributed by atoms with Crippen LogP contribution in [0.4, 0.5) is 11.9 Å². The second-order valence-corrected chi connectivity index (χ2v) is 6.80. The van der Waals surface area contributed by atoms with E-state index in [0.29, 0.717) is 5.95 Å². The number of aryl methyl sites for hydroxylation is 2. The third kappa shape index (κ3) is 6.28. The van der Waals surface area contributed by atoms with Crippen LogP contribution in [0.1, 0.15) is 83.2 Å². The zero-order chi connectivity index (χ0) is 18.8. The SMILES string of the molecule is CCCCCCCCCCCc1nc(CC)cn1-c1nc(N)nc(N)n1. The molecular weight excluding hydrogens is 326 g/mol. The summed E-state index contributed by atoms with van der Waals surface area (Å²) in [7, 11) is 0. The number of nitrogens with zero attached hydrogens (tertiary/aromatic N) is 5. The summed E-state index contributed by atoms with van der Waals surface area (Å²) in [5.41, 5.74) is 12.4. The Balaban J connectivity index is 1.86. The lowest BCUT2D eigenvalue weighted by atomic mass is 10.1. The molecule has 0 aromatic carbocycles. The average Bonchev–Trinajstić information content (AvgIpc) is 3.03. The van der Waals surface area contributed by atoms with Crippen LogP contribution in [0.5, 0.6) is 0 Å². The second kappa shape index (κ2) is 10.7. The average molecular weight is 360 g/mol. The number of hydrogen-bond acceptors (Lipinski definition) is 6. The first-order chi connectivity index (χ1) is 12.6. The highest BCUT2D eigenvalue weighted by Gasteiger charge is 2.12. The van der Waals surface area contributed by atoms with E-state index < -0.39 is 0 Å². The highest BCUT2D eigenvalue weighted by molar-refractivity contribution is 5.32. The van der Waals surface area contributed by atoms with Gasteiger partial charge in [0, 0.05) is 12.6 Å². The minimum absolute atomic E-state index is 0.133. The van der Waals surface area contributed by atoms with Crippen molar-refractivity contribution in [3.05, 3.63) is 17.7 Å². The van der Waals surface area contributed by atoms with Crippen molar-refractivity contribution in [2.24, 2.45) is 0 Å². The Bertz CT molecular complexity index is 646. The molecular formula is C19H33N7. The zero-order valence-corrected chi connectivity index (χ0v) is 16.2. The van der Waals surface area contributed by atoms with Gasteiger partial charge in [0.05, 0.1) is 5.69 Å². The van der Waals surface area contributed by atoms with Gasteiger partial charge in [-0.05, 0) is 12.8 Å². The van der Waals surface area contributed by atoms with E-state index in [0.717, 1.165) is 30.8 Å². The molecule has 4 N–H and O–H groups in total. The molecule has 0 spiro atoms. The third-order valence-electron chi connectivity index (χ3n) is 4.57. The first-order valence-corrected chi connectivity index (χ1v) is 9.98. The number of imidazole rings is 1. The summed E-state index contributed by atoms with van der Waals surface area (Å²) in [5, 5.41) is 0. The number of hydrogen-bond donors (Lipinski definition) is 2. The van der Waals surface area contributed by atoms with Gasteiger partial charge in [-0.1, -0.05) is 65.2 Å².